The molecule has 3 N–H and O–H groups in total. The molecule has 0 atom stereocenters. The number of nitrogens with two attached hydrogens (primary N) is 1. The molecule has 7 nitrogen and oxygen atoms in total. The summed E-state index contributed by atoms with van der Waals surface area (Å²) in [6.45, 7) is 0. The quantitative estimate of drug-likeness (QED) is 0.347. The topological polar surface area (TPSA) is 114 Å². The molecule has 0 spiro atoms. The van der Waals surface area contributed by atoms with Gasteiger partial charge in [-0.15, -0.1) is 5.11 Å². The number of ether oxygens (including phenoxy) is 1. The molecule has 0 amide bonds. The highest BCUT2D eigenvalue weighted by Crippen LogP contribution is 2.29. The Morgan fingerprint density at radius 1 is 1.47 bits per heavy atom. The van der Waals surface area contributed by atoms with E-state index < -0.39 is 10.1 Å². The molecule has 0 aliphatic rings. The summed E-state index contributed by atoms with van der Waals surface area (Å²) in [5.41, 5.74) is 0.271. The molecule has 1 aromatic carbocycles. The van der Waals surface area contributed by atoms with Gasteiger partial charge in [-0.05, 0) is 12.1 Å². The van der Waals surface area contributed by atoms with Gasteiger partial charge in [-0.25, -0.2) is 0 Å². The van der Waals surface area contributed by atoms with E-state index in [0.717, 1.165) is 6.07 Å². The molecule has 15 heavy (non-hydrogen) atoms. The largest absolute Gasteiger partial charge is 0.494 e. The van der Waals surface area contributed by atoms with Crippen LogP contribution in [0.5, 0.6) is 5.75 Å². The molecule has 0 fully saturated rings. The molecule has 0 saturated carbocycles. The van der Waals surface area contributed by atoms with Crippen LogP contribution in [-0.4, -0.2) is 20.1 Å². The standard InChI is InChI=1S/C7H9N3O4S/c1-14-7-4-5(15(11,12)13)2-3-6(7)9-10-8/h2-4H,1H3,(H2,8,9)(H,11,12,13). The van der Waals surface area contributed by atoms with E-state index >= 15 is 0 Å². The first kappa shape index (κ1) is 11.4. The number of methoxy groups -OCH3 is 1. The minimum atomic E-state index is -4.25. The molecule has 0 saturated heterocycles. The zero-order valence-corrected chi connectivity index (χ0v) is 8.60. The normalized spacial score (nSPS) is 11.9. The van der Waals surface area contributed by atoms with Crippen LogP contribution in [0.1, 0.15) is 0 Å². The summed E-state index contributed by atoms with van der Waals surface area (Å²) < 4.78 is 35.2. The predicted molar refractivity (Wildman–Crippen MR) is 51.5 cm³/mol. The highest BCUT2D eigenvalue weighted by atomic mass is 32.2. The zero-order chi connectivity index (χ0) is 11.5. The van der Waals surface area contributed by atoms with Crippen molar-refractivity contribution in [2.24, 2.45) is 16.2 Å². The van der Waals surface area contributed by atoms with E-state index in [9.17, 15) is 8.42 Å². The minimum absolute atomic E-state index is 0.152. The van der Waals surface area contributed by atoms with Crippen LogP contribution in [0.25, 0.3) is 0 Å². The minimum Gasteiger partial charge on any atom is -0.494 e. The molecule has 0 radical (unpaired) electrons. The van der Waals surface area contributed by atoms with Gasteiger partial charge in [0.2, 0.25) is 0 Å². The first-order valence-corrected chi connectivity index (χ1v) is 5.19. The maximum absolute atomic E-state index is 10.8. The van der Waals surface area contributed by atoms with Crippen molar-refractivity contribution in [2.75, 3.05) is 7.11 Å². The molecule has 8 heteroatoms. The van der Waals surface area contributed by atoms with Crippen molar-refractivity contribution in [1.82, 2.24) is 0 Å². The maximum atomic E-state index is 10.8. The molecule has 0 aliphatic heterocycles. The van der Waals surface area contributed by atoms with Crippen LogP contribution in [0, 0.1) is 0 Å². The summed E-state index contributed by atoms with van der Waals surface area (Å²) in [6, 6.07) is 3.61. The Morgan fingerprint density at radius 2 is 2.13 bits per heavy atom. The van der Waals surface area contributed by atoms with Crippen LogP contribution in [0.3, 0.4) is 0 Å². The fourth-order valence-corrected chi connectivity index (χ4v) is 1.46. The fourth-order valence-electron chi connectivity index (χ4n) is 0.963. The van der Waals surface area contributed by atoms with E-state index in [1.807, 2.05) is 0 Å². The summed E-state index contributed by atoms with van der Waals surface area (Å²) in [5.74, 6) is 5.00. The van der Waals surface area contributed by atoms with Gasteiger partial charge in [0.1, 0.15) is 11.4 Å². The van der Waals surface area contributed by atoms with Crippen molar-refractivity contribution < 1.29 is 17.7 Å². The third kappa shape index (κ3) is 2.64. The summed E-state index contributed by atoms with van der Waals surface area (Å²) in [6.07, 6.45) is 0. The fraction of sp³-hybridized carbons (Fsp3) is 0.143. The van der Waals surface area contributed by atoms with Crippen molar-refractivity contribution in [3.05, 3.63) is 18.2 Å². The molecule has 0 aliphatic carbocycles. The lowest BCUT2D eigenvalue weighted by atomic mass is 10.3. The second-order valence-corrected chi connectivity index (χ2v) is 3.95. The summed E-state index contributed by atoms with van der Waals surface area (Å²) in [7, 11) is -2.92. The van der Waals surface area contributed by atoms with Crippen molar-refractivity contribution in [3.63, 3.8) is 0 Å². The molecule has 1 rings (SSSR count). The Kier molecular flexibility index (Phi) is 3.22. The van der Waals surface area contributed by atoms with Gasteiger partial charge in [-0.2, -0.15) is 8.42 Å². The number of rotatable bonds is 3. The Bertz CT molecular complexity index is 483. The number of benzene rings is 1. The van der Waals surface area contributed by atoms with Gasteiger partial charge in [0, 0.05) is 6.07 Å². The molecule has 0 unspecified atom stereocenters. The number of nitrogens with zero attached hydrogens (tertiary/aromatic N) is 2. The second-order valence-electron chi connectivity index (χ2n) is 2.52. The van der Waals surface area contributed by atoms with E-state index in [0.29, 0.717) is 0 Å². The Labute approximate surface area is 86.3 Å². The molecular weight excluding hydrogens is 222 g/mol. The molecule has 0 aromatic heterocycles. The average Bonchev–Trinajstić information content (AvgIpc) is 2.17. The van der Waals surface area contributed by atoms with E-state index in [-0.39, 0.29) is 16.3 Å². The third-order valence-electron chi connectivity index (χ3n) is 1.61. The van der Waals surface area contributed by atoms with Crippen LogP contribution in [-0.2, 0) is 10.1 Å². The second kappa shape index (κ2) is 4.24. The highest BCUT2D eigenvalue weighted by molar-refractivity contribution is 7.85. The van der Waals surface area contributed by atoms with Crippen molar-refractivity contribution in [3.8, 4) is 5.75 Å². The van der Waals surface area contributed by atoms with Crippen LogP contribution in [0.15, 0.2) is 33.4 Å². The summed E-state index contributed by atoms with van der Waals surface area (Å²) >= 11 is 0. The van der Waals surface area contributed by atoms with Crippen LogP contribution < -0.4 is 10.6 Å². The monoisotopic (exact) mass is 231 g/mol. The lowest BCUT2D eigenvalue weighted by Crippen LogP contribution is -1.98. The van der Waals surface area contributed by atoms with Gasteiger partial charge < -0.3 is 10.6 Å². The number of hydrogen-bond acceptors (Lipinski definition) is 5. The first-order chi connectivity index (χ1) is 6.99. The lowest BCUT2D eigenvalue weighted by Gasteiger charge is -2.04. The molecule has 82 valence electrons. The van der Waals surface area contributed by atoms with E-state index in [2.05, 4.69) is 10.3 Å². The third-order valence-corrected chi connectivity index (χ3v) is 2.46. The molecule has 1 aromatic rings. The van der Waals surface area contributed by atoms with Crippen LogP contribution in [0.2, 0.25) is 0 Å². The van der Waals surface area contributed by atoms with Crippen LogP contribution >= 0.6 is 0 Å². The molecule has 0 heterocycles. The lowest BCUT2D eigenvalue weighted by molar-refractivity contribution is 0.413. The van der Waals surface area contributed by atoms with Crippen molar-refractivity contribution in [1.29, 1.82) is 0 Å². The Balaban J connectivity index is 3.31. The molecule has 0 bridgehead atoms. The SMILES string of the molecule is COc1cc(S(=O)(=O)O)ccc1N=NN. The van der Waals surface area contributed by atoms with Gasteiger partial charge in [0.25, 0.3) is 10.1 Å². The number of hydrogen-bond donors (Lipinski definition) is 2. The van der Waals surface area contributed by atoms with Gasteiger partial charge in [0.15, 0.2) is 0 Å². The smallest absolute Gasteiger partial charge is 0.294 e. The van der Waals surface area contributed by atoms with E-state index in [1.165, 1.54) is 19.2 Å². The average molecular weight is 231 g/mol. The first-order valence-electron chi connectivity index (χ1n) is 3.75. The van der Waals surface area contributed by atoms with Crippen molar-refractivity contribution in [2.45, 2.75) is 4.90 Å². The van der Waals surface area contributed by atoms with E-state index in [4.69, 9.17) is 15.1 Å². The Morgan fingerprint density at radius 3 is 2.60 bits per heavy atom. The van der Waals surface area contributed by atoms with Crippen molar-refractivity contribution >= 4 is 15.8 Å². The van der Waals surface area contributed by atoms with E-state index in [1.54, 1.807) is 0 Å². The zero-order valence-electron chi connectivity index (χ0n) is 7.78. The van der Waals surface area contributed by atoms with Gasteiger partial charge >= 0.3 is 0 Å². The Hall–Kier alpha value is -1.67. The maximum Gasteiger partial charge on any atom is 0.294 e. The summed E-state index contributed by atoms with van der Waals surface area (Å²) in [5, 5.41) is 6.54. The van der Waals surface area contributed by atoms with Gasteiger partial charge in [-0.1, -0.05) is 5.22 Å². The van der Waals surface area contributed by atoms with Crippen LogP contribution in [0.4, 0.5) is 5.69 Å². The van der Waals surface area contributed by atoms with Gasteiger partial charge in [0.05, 0.1) is 12.0 Å². The molecular formula is C7H9N3O4S. The highest BCUT2D eigenvalue weighted by Gasteiger charge is 2.12. The summed E-state index contributed by atoms with van der Waals surface area (Å²) in [4.78, 5) is -0.282. The predicted octanol–water partition coefficient (Wildman–Crippen LogP) is 0.899. The van der Waals surface area contributed by atoms with Gasteiger partial charge in [-0.3, -0.25) is 4.55 Å².